The molecule has 0 N–H and O–H groups in total. The molecule has 21 valence electrons. The van der Waals surface area contributed by atoms with Crippen LogP contribution in [0, 0.1) is 0 Å². The average molecular weight is 201 g/mol. The predicted molar refractivity (Wildman–Crippen MR) is 28.8 cm³/mol. The van der Waals surface area contributed by atoms with Crippen molar-refractivity contribution in [3.05, 3.63) is 0 Å². The smallest absolute Gasteiger partial charge is 0 e. The molecule has 13 radical (unpaired) electrons. The van der Waals surface area contributed by atoms with E-state index < -0.39 is 0 Å². The van der Waals surface area contributed by atoms with Crippen LogP contribution in [0.1, 0.15) is 0 Å². The average Bonchev–Trinajstić information content (AvgIpc) is 0. The molecule has 0 saturated carbocycles. The van der Waals surface area contributed by atoms with Crippen LogP contribution in [-0.4, -0.2) is 113 Å². The van der Waals surface area contributed by atoms with Gasteiger partial charge in [0.15, 0.2) is 0 Å². The van der Waals surface area contributed by atoms with Crippen LogP contribution in [0.5, 0.6) is 0 Å². The Kier molecular flexibility index (Phi) is 291. The van der Waals surface area contributed by atoms with Gasteiger partial charge in [0.05, 0.1) is 0 Å². The van der Waals surface area contributed by atoms with Crippen molar-refractivity contribution < 1.29 is 17.1 Å². The number of rotatable bonds is 0. The van der Waals surface area contributed by atoms with Gasteiger partial charge in [-0.15, -0.1) is 0 Å². The van der Waals surface area contributed by atoms with Crippen molar-refractivity contribution in [1.29, 1.82) is 0 Å². The fraction of sp³-hybridized carbons (Fsp3) is 0. The molecular weight excluding hydrogens is 201 g/mol. The number of hydrogen-bond acceptors (Lipinski definition) is 0. The van der Waals surface area contributed by atoms with E-state index >= 15 is 0 Å². The zero-order valence-electron chi connectivity index (χ0n) is 3.50. The van der Waals surface area contributed by atoms with Crippen molar-refractivity contribution in [2.24, 2.45) is 0 Å². The molecule has 0 aromatic heterocycles. The summed E-state index contributed by atoms with van der Waals surface area (Å²) < 4.78 is 0. The fourth-order valence-electron chi connectivity index (χ4n) is 0. The zero-order chi connectivity index (χ0) is 0. The first-order chi connectivity index (χ1) is 0. The first-order valence-electron chi connectivity index (χ1n) is 0. The molecule has 0 aromatic carbocycles. The van der Waals surface area contributed by atoms with Crippen LogP contribution < -0.4 is 0 Å². The maximum absolute atomic E-state index is 0. The largest absolute Gasteiger partial charge is 0 e. The van der Waals surface area contributed by atoms with Crippen molar-refractivity contribution >= 4 is 113 Å². The van der Waals surface area contributed by atoms with Crippen LogP contribution in [0.15, 0.2) is 0 Å². The van der Waals surface area contributed by atoms with Crippen LogP contribution in [-0.2, 0) is 17.1 Å². The quantitative estimate of drug-likeness (QED) is 0.401. The van der Waals surface area contributed by atoms with Crippen molar-refractivity contribution in [2.75, 3.05) is 0 Å². The Morgan fingerprint density at radius 2 is 0.667 bits per heavy atom. The van der Waals surface area contributed by atoms with Crippen molar-refractivity contribution in [1.82, 2.24) is 0 Å². The monoisotopic (exact) mass is 201 g/mol. The second kappa shape index (κ2) is 35.3. The summed E-state index contributed by atoms with van der Waals surface area (Å²) in [5.41, 5.74) is 0. The summed E-state index contributed by atoms with van der Waals surface area (Å²) in [4.78, 5) is 0. The Hall–Kier alpha value is 4.14. The minimum absolute atomic E-state index is 0. The molecule has 0 rings (SSSR count). The van der Waals surface area contributed by atoms with Gasteiger partial charge in [0.25, 0.3) is 0 Å². The summed E-state index contributed by atoms with van der Waals surface area (Å²) in [5, 5.41) is 0. The second-order valence-electron chi connectivity index (χ2n) is 0. The van der Waals surface area contributed by atoms with Crippen molar-refractivity contribution in [3.63, 3.8) is 0 Å². The summed E-state index contributed by atoms with van der Waals surface area (Å²) in [6.45, 7) is 0. The zero-order valence-corrected chi connectivity index (χ0v) is 11.7. The summed E-state index contributed by atoms with van der Waals surface area (Å²) in [6.07, 6.45) is 0. The maximum atomic E-state index is 0. The minimum atomic E-state index is 0. The van der Waals surface area contributed by atoms with E-state index in [1.165, 1.54) is 0 Å². The molecule has 0 aliphatic carbocycles. The molecule has 0 saturated heterocycles. The third-order valence-electron chi connectivity index (χ3n) is 0. The van der Waals surface area contributed by atoms with Crippen molar-refractivity contribution in [3.8, 4) is 0 Å². The molecule has 0 heterocycles. The summed E-state index contributed by atoms with van der Waals surface area (Å²) in [7, 11) is 0. The van der Waals surface area contributed by atoms with Gasteiger partial charge in [-0.05, 0) is 0 Å². The van der Waals surface area contributed by atoms with E-state index in [0.717, 1.165) is 0 Å². The van der Waals surface area contributed by atoms with Crippen LogP contribution >= 0.6 is 0 Å². The Labute approximate surface area is 127 Å². The molecule has 0 fully saturated rings. The minimum Gasteiger partial charge on any atom is 0 e. The van der Waals surface area contributed by atoms with Crippen LogP contribution in [0.3, 0.4) is 0 Å². The molecule has 6 heteroatoms. The molecule has 0 spiro atoms. The van der Waals surface area contributed by atoms with E-state index in [2.05, 4.69) is 0 Å². The molecule has 0 unspecified atom stereocenters. The van der Waals surface area contributed by atoms with E-state index in [4.69, 9.17) is 0 Å². The third-order valence-corrected chi connectivity index (χ3v) is 0. The van der Waals surface area contributed by atoms with Gasteiger partial charge < -0.3 is 0 Å². The Morgan fingerprint density at radius 3 is 0.667 bits per heavy atom. The van der Waals surface area contributed by atoms with Gasteiger partial charge in [-0.2, -0.15) is 0 Å². The van der Waals surface area contributed by atoms with Crippen LogP contribution in [0.2, 0.25) is 0 Å². The van der Waals surface area contributed by atoms with Gasteiger partial charge in [-0.25, -0.2) is 0 Å². The molecule has 0 aliphatic rings. The van der Waals surface area contributed by atoms with Crippen LogP contribution in [0.25, 0.3) is 0 Å². The van der Waals surface area contributed by atoms with Crippen molar-refractivity contribution in [2.45, 2.75) is 0 Å². The number of hydrogen-bond donors (Lipinski definition) is 0. The van der Waals surface area contributed by atoms with Gasteiger partial charge in [0.1, 0.15) is 0 Å². The fourth-order valence-corrected chi connectivity index (χ4v) is 0. The third kappa shape index (κ3) is 24.2. The van der Waals surface area contributed by atoms with Gasteiger partial charge in [-0.1, -0.05) is 0 Å². The SMILES string of the molecule is [Al].[Al].[Al].[Ca].[Fe].[Mg]. The van der Waals surface area contributed by atoms with E-state index in [1.807, 2.05) is 0 Å². The van der Waals surface area contributed by atoms with Crippen LogP contribution in [0.4, 0.5) is 0 Å². The van der Waals surface area contributed by atoms with Gasteiger partial charge in [-0.3, -0.25) is 0 Å². The Bertz CT molecular complexity index is 10.8. The molecule has 0 aromatic rings. The van der Waals surface area contributed by atoms with Gasteiger partial charge in [0, 0.05) is 130 Å². The van der Waals surface area contributed by atoms with E-state index in [9.17, 15) is 0 Å². The molecular formula is Al3CaFeMg. The molecule has 0 bridgehead atoms. The summed E-state index contributed by atoms with van der Waals surface area (Å²) >= 11 is 0. The standard InChI is InChI=1S/3Al.Ca.Fe.Mg. The Morgan fingerprint density at radius 1 is 0.667 bits per heavy atom. The molecule has 6 heavy (non-hydrogen) atoms. The normalized spacial score (nSPS) is 0. The van der Waals surface area contributed by atoms with E-state index in [1.54, 1.807) is 0 Å². The Balaban J connectivity index is 0. The topological polar surface area (TPSA) is 0 Å². The molecule has 0 atom stereocenters. The molecule has 0 amide bonds. The van der Waals surface area contributed by atoms with E-state index in [0.29, 0.717) is 0 Å². The summed E-state index contributed by atoms with van der Waals surface area (Å²) in [6, 6.07) is 0. The van der Waals surface area contributed by atoms with Gasteiger partial charge >= 0.3 is 0 Å². The predicted octanol–water partition coefficient (Wildman–Crippen LogP) is -1.91. The molecule has 0 aliphatic heterocycles. The first-order valence-corrected chi connectivity index (χ1v) is 0. The maximum Gasteiger partial charge on any atom is 0 e. The van der Waals surface area contributed by atoms with E-state index in [-0.39, 0.29) is 130 Å². The first kappa shape index (κ1) is 49.4. The van der Waals surface area contributed by atoms with Gasteiger partial charge in [0.2, 0.25) is 0 Å². The second-order valence-corrected chi connectivity index (χ2v) is 0. The molecule has 0 nitrogen and oxygen atoms in total. The summed E-state index contributed by atoms with van der Waals surface area (Å²) in [5.74, 6) is 0.